The van der Waals surface area contributed by atoms with E-state index in [-0.39, 0.29) is 11.5 Å². The zero-order chi connectivity index (χ0) is 35.5. The summed E-state index contributed by atoms with van der Waals surface area (Å²) >= 11 is 0. The maximum absolute atomic E-state index is 10.9. The Morgan fingerprint density at radius 2 is 0.863 bits per heavy atom. The minimum Gasteiger partial charge on any atom is -0.507 e. The predicted molar refractivity (Wildman–Crippen MR) is 206 cm³/mol. The van der Waals surface area contributed by atoms with E-state index in [1.54, 1.807) is 24.3 Å². The molecule has 6 nitrogen and oxygen atoms in total. The van der Waals surface area contributed by atoms with E-state index in [0.29, 0.717) is 47.0 Å². The van der Waals surface area contributed by atoms with E-state index in [4.69, 9.17) is 9.47 Å². The number of ether oxygens (including phenoxy) is 2. The standard InChI is InChI=1S/C45H38N2O4/c1-45(2,31-50-37-23-25-43(48)39(27-37)41(33-15-7-3-8-16-33)29-46-35-19-11-5-12-20-35)32-51-38-24-26-44(49)40(28-38)42(34-17-9-4-10-18-34)30-47-36-21-13-6-14-22-36/h3-28,48-49H,31-32H2,1-2H3. The Bertz CT molecular complexity index is 2040. The number of phenolic OH excluding ortho intramolecular Hbond substituents is 2. The molecule has 0 radical (unpaired) electrons. The first kappa shape index (κ1) is 34.3. The van der Waals surface area contributed by atoms with Crippen molar-refractivity contribution < 1.29 is 19.7 Å². The molecule has 252 valence electrons. The monoisotopic (exact) mass is 670 g/mol. The largest absolute Gasteiger partial charge is 0.507 e. The summed E-state index contributed by atoms with van der Waals surface area (Å²) in [7, 11) is 0. The van der Waals surface area contributed by atoms with Crippen molar-refractivity contribution in [3.05, 3.63) is 180 Å². The molecule has 0 fully saturated rings. The van der Waals surface area contributed by atoms with Crippen LogP contribution in [0.4, 0.5) is 11.4 Å². The van der Waals surface area contributed by atoms with Crippen molar-refractivity contribution in [2.45, 2.75) is 13.8 Å². The Hall–Kier alpha value is -6.58. The van der Waals surface area contributed by atoms with Gasteiger partial charge in [-0.2, -0.15) is 0 Å². The van der Waals surface area contributed by atoms with E-state index in [1.807, 2.05) is 133 Å². The molecule has 0 unspecified atom stereocenters. The van der Waals surface area contributed by atoms with Crippen LogP contribution >= 0.6 is 0 Å². The Kier molecular flexibility index (Phi) is 10.9. The second-order valence-electron chi connectivity index (χ2n) is 12.7. The molecule has 0 heterocycles. The smallest absolute Gasteiger partial charge is 0.124 e. The van der Waals surface area contributed by atoms with Gasteiger partial charge in [0.05, 0.1) is 35.7 Å². The Balaban J connectivity index is 1.20. The van der Waals surface area contributed by atoms with Gasteiger partial charge in [-0.1, -0.05) is 111 Å². The molecule has 0 aliphatic heterocycles. The molecule has 6 rings (SSSR count). The third-order valence-corrected chi connectivity index (χ3v) is 7.96. The second-order valence-corrected chi connectivity index (χ2v) is 12.7. The minimum absolute atomic E-state index is 0.0976. The van der Waals surface area contributed by atoms with Gasteiger partial charge in [-0.15, -0.1) is 0 Å². The van der Waals surface area contributed by atoms with E-state index in [2.05, 4.69) is 35.6 Å². The van der Waals surface area contributed by atoms with Crippen LogP contribution in [-0.2, 0) is 0 Å². The summed E-state index contributed by atoms with van der Waals surface area (Å²) in [6, 6.07) is 49.0. The van der Waals surface area contributed by atoms with E-state index < -0.39 is 5.41 Å². The van der Waals surface area contributed by atoms with Crippen LogP contribution in [-0.4, -0.2) is 35.2 Å². The third kappa shape index (κ3) is 9.32. The van der Waals surface area contributed by atoms with Gasteiger partial charge < -0.3 is 19.7 Å². The van der Waals surface area contributed by atoms with Gasteiger partial charge in [-0.3, -0.25) is 0 Å². The van der Waals surface area contributed by atoms with Crippen molar-refractivity contribution in [2.75, 3.05) is 13.2 Å². The molecule has 2 N–H and O–H groups in total. The molecule has 0 aliphatic rings. The van der Waals surface area contributed by atoms with Crippen LogP contribution in [0, 0.1) is 5.41 Å². The molecule has 0 amide bonds. The van der Waals surface area contributed by atoms with Crippen LogP contribution in [0.15, 0.2) is 168 Å². The number of hydrogen-bond acceptors (Lipinski definition) is 6. The highest BCUT2D eigenvalue weighted by atomic mass is 16.5. The van der Waals surface area contributed by atoms with E-state index in [1.165, 1.54) is 0 Å². The molecule has 6 aromatic rings. The van der Waals surface area contributed by atoms with Gasteiger partial charge in [-0.05, 0) is 83.5 Å². The van der Waals surface area contributed by atoms with Gasteiger partial charge in [0.25, 0.3) is 0 Å². The van der Waals surface area contributed by atoms with Crippen molar-refractivity contribution >= 4 is 34.3 Å². The molecular formula is C45H38N2O4. The molecule has 0 aliphatic carbocycles. The molecule has 0 bridgehead atoms. The number of aliphatic imine (C=N–C) groups is 2. The van der Waals surface area contributed by atoms with Crippen LogP contribution in [0.3, 0.4) is 0 Å². The summed E-state index contributed by atoms with van der Waals surface area (Å²) in [4.78, 5) is 9.10. The highest BCUT2D eigenvalue weighted by molar-refractivity contribution is 6.02. The van der Waals surface area contributed by atoms with Crippen molar-refractivity contribution in [2.24, 2.45) is 15.4 Å². The van der Waals surface area contributed by atoms with Gasteiger partial charge >= 0.3 is 0 Å². The normalized spacial score (nSPS) is 10.7. The number of rotatable bonds is 12. The SMILES string of the molecule is CC(C)(COc1ccc(O)c(C(=C=Nc2ccccc2)c2ccccc2)c1)COc1ccc(O)c(C(=C=Nc2ccccc2)c2ccccc2)c1. The summed E-state index contributed by atoms with van der Waals surface area (Å²) in [6.07, 6.45) is 0. The average Bonchev–Trinajstić information content (AvgIpc) is 3.17. The lowest BCUT2D eigenvalue weighted by Crippen LogP contribution is -2.28. The molecule has 0 aromatic heterocycles. The number of hydrogen-bond donors (Lipinski definition) is 2. The number of aromatic hydroxyl groups is 2. The van der Waals surface area contributed by atoms with E-state index >= 15 is 0 Å². The van der Waals surface area contributed by atoms with Crippen molar-refractivity contribution in [1.82, 2.24) is 0 Å². The zero-order valence-electron chi connectivity index (χ0n) is 28.5. The number of phenols is 2. The summed E-state index contributed by atoms with van der Waals surface area (Å²) in [5.74, 6) is 7.71. The lowest BCUT2D eigenvalue weighted by Gasteiger charge is -2.25. The first-order valence-electron chi connectivity index (χ1n) is 16.7. The fourth-order valence-electron chi connectivity index (χ4n) is 5.23. The molecule has 0 saturated carbocycles. The molecule has 0 saturated heterocycles. The van der Waals surface area contributed by atoms with Gasteiger partial charge in [0.2, 0.25) is 0 Å². The number of para-hydroxylation sites is 2. The quantitative estimate of drug-likeness (QED) is 0.127. The molecule has 0 spiro atoms. The van der Waals surface area contributed by atoms with Crippen LogP contribution in [0.1, 0.15) is 36.1 Å². The molecule has 6 heteroatoms. The molecule has 6 aromatic carbocycles. The van der Waals surface area contributed by atoms with Gasteiger partial charge in [0, 0.05) is 16.5 Å². The molecular weight excluding hydrogens is 633 g/mol. The Morgan fingerprint density at radius 1 is 0.510 bits per heavy atom. The van der Waals surface area contributed by atoms with Crippen LogP contribution in [0.2, 0.25) is 0 Å². The minimum atomic E-state index is -0.407. The highest BCUT2D eigenvalue weighted by Crippen LogP contribution is 2.35. The van der Waals surface area contributed by atoms with Gasteiger partial charge in [0.1, 0.15) is 23.0 Å². The summed E-state index contributed by atoms with van der Waals surface area (Å²) in [6.45, 7) is 4.78. The highest BCUT2D eigenvalue weighted by Gasteiger charge is 2.22. The van der Waals surface area contributed by atoms with Crippen LogP contribution in [0.25, 0.3) is 11.1 Å². The van der Waals surface area contributed by atoms with Crippen molar-refractivity contribution in [3.63, 3.8) is 0 Å². The maximum Gasteiger partial charge on any atom is 0.124 e. The van der Waals surface area contributed by atoms with Gasteiger partial charge in [0.15, 0.2) is 0 Å². The first-order valence-corrected chi connectivity index (χ1v) is 16.7. The molecule has 0 atom stereocenters. The second kappa shape index (κ2) is 16.2. The van der Waals surface area contributed by atoms with E-state index in [9.17, 15) is 10.2 Å². The summed E-state index contributed by atoms with van der Waals surface area (Å²) < 4.78 is 12.6. The number of nitrogens with zero attached hydrogens (tertiary/aromatic N) is 2. The predicted octanol–water partition coefficient (Wildman–Crippen LogP) is 10.4. The lowest BCUT2D eigenvalue weighted by molar-refractivity contribution is 0.110. The summed E-state index contributed by atoms with van der Waals surface area (Å²) in [5, 5.41) is 21.9. The fraction of sp³-hybridized carbons (Fsp3) is 0.111. The fourth-order valence-corrected chi connectivity index (χ4v) is 5.23. The van der Waals surface area contributed by atoms with E-state index in [0.717, 1.165) is 22.5 Å². The Morgan fingerprint density at radius 3 is 1.24 bits per heavy atom. The first-order chi connectivity index (χ1) is 24.8. The summed E-state index contributed by atoms with van der Waals surface area (Å²) in [5.41, 5.74) is 5.24. The van der Waals surface area contributed by atoms with Crippen molar-refractivity contribution in [3.8, 4) is 23.0 Å². The molecule has 51 heavy (non-hydrogen) atoms. The maximum atomic E-state index is 10.9. The lowest BCUT2D eigenvalue weighted by atomic mass is 9.95. The van der Waals surface area contributed by atoms with Crippen LogP contribution < -0.4 is 9.47 Å². The zero-order valence-corrected chi connectivity index (χ0v) is 28.5. The number of benzene rings is 6. The third-order valence-electron chi connectivity index (χ3n) is 7.96. The topological polar surface area (TPSA) is 83.6 Å². The van der Waals surface area contributed by atoms with Crippen LogP contribution in [0.5, 0.6) is 23.0 Å². The average molecular weight is 671 g/mol. The van der Waals surface area contributed by atoms with Crippen molar-refractivity contribution in [1.29, 1.82) is 0 Å². The van der Waals surface area contributed by atoms with Gasteiger partial charge in [-0.25, -0.2) is 9.98 Å². The Labute approximate surface area is 298 Å².